The molecule has 1 N–H and O–H groups in total. The predicted octanol–water partition coefficient (Wildman–Crippen LogP) is 5.66. The van der Waals surface area contributed by atoms with E-state index in [1.165, 1.54) is 6.07 Å². The van der Waals surface area contributed by atoms with Crippen molar-refractivity contribution >= 4 is 37.9 Å². The van der Waals surface area contributed by atoms with Crippen LogP contribution in [-0.4, -0.2) is 23.1 Å². The molecule has 4 aromatic rings. The van der Waals surface area contributed by atoms with Gasteiger partial charge in [0.1, 0.15) is 16.9 Å². The lowest BCUT2D eigenvalue weighted by Crippen LogP contribution is -2.25. The van der Waals surface area contributed by atoms with Gasteiger partial charge in [-0.25, -0.2) is 9.59 Å². The molecule has 0 saturated carbocycles. The van der Waals surface area contributed by atoms with Gasteiger partial charge in [0.05, 0.1) is 11.1 Å². The van der Waals surface area contributed by atoms with E-state index in [2.05, 4.69) is 34.7 Å². The van der Waals surface area contributed by atoms with Crippen molar-refractivity contribution < 1.29 is 13.9 Å². The molecule has 0 atom stereocenters. The summed E-state index contributed by atoms with van der Waals surface area (Å²) >= 11 is 3.43. The van der Waals surface area contributed by atoms with Crippen molar-refractivity contribution in [2.24, 2.45) is 0 Å². The normalized spacial score (nSPS) is 11.6. The average molecular weight is 498 g/mol. The summed E-state index contributed by atoms with van der Waals surface area (Å²) in [6.45, 7) is 6.35. The molecule has 2 aromatic heterocycles. The molecule has 32 heavy (non-hydrogen) atoms. The maximum Gasteiger partial charge on any atom is 0.344 e. The van der Waals surface area contributed by atoms with Gasteiger partial charge in [-0.1, -0.05) is 29.8 Å². The zero-order valence-electron chi connectivity index (χ0n) is 18.0. The van der Waals surface area contributed by atoms with Crippen LogP contribution in [0, 0.1) is 0 Å². The number of halogens is 1. The van der Waals surface area contributed by atoms with Gasteiger partial charge in [-0.05, 0) is 62.3 Å². The highest BCUT2D eigenvalue weighted by Crippen LogP contribution is 2.34. The second-order valence-electron chi connectivity index (χ2n) is 7.82. The van der Waals surface area contributed by atoms with Crippen LogP contribution in [0.15, 0.2) is 65.4 Å². The zero-order chi connectivity index (χ0) is 22.8. The molecule has 4 rings (SSSR count). The van der Waals surface area contributed by atoms with Crippen molar-refractivity contribution in [3.63, 3.8) is 0 Å². The minimum atomic E-state index is -0.592. The molecule has 0 spiro atoms. The van der Waals surface area contributed by atoms with Crippen molar-refractivity contribution in [2.75, 3.05) is 13.1 Å². The Morgan fingerprint density at radius 2 is 1.69 bits per heavy atom. The number of benzene rings is 2. The van der Waals surface area contributed by atoms with Gasteiger partial charge in [0.25, 0.3) is 0 Å². The summed E-state index contributed by atoms with van der Waals surface area (Å²) in [6.07, 6.45) is 1.93. The van der Waals surface area contributed by atoms with Crippen LogP contribution in [0.4, 0.5) is 0 Å². The molecule has 0 radical (unpaired) electrons. The maximum atomic E-state index is 12.8. The first-order valence-electron chi connectivity index (χ1n) is 10.7. The first-order chi connectivity index (χ1) is 15.4. The van der Waals surface area contributed by atoms with Crippen LogP contribution in [-0.2, 0) is 6.54 Å². The summed E-state index contributed by atoms with van der Waals surface area (Å²) in [4.78, 5) is 27.5. The van der Waals surface area contributed by atoms with Crippen LogP contribution in [0.1, 0.15) is 32.3 Å². The monoisotopic (exact) mass is 497 g/mol. The molecular weight excluding hydrogens is 474 g/mol. The zero-order valence-corrected chi connectivity index (χ0v) is 19.6. The van der Waals surface area contributed by atoms with Gasteiger partial charge < -0.3 is 13.9 Å². The molecule has 166 valence electrons. The Morgan fingerprint density at radius 3 is 2.41 bits per heavy atom. The predicted molar refractivity (Wildman–Crippen MR) is 129 cm³/mol. The minimum Gasteiger partial charge on any atom is -0.507 e. The van der Waals surface area contributed by atoms with E-state index in [0.29, 0.717) is 34.2 Å². The fourth-order valence-electron chi connectivity index (χ4n) is 4.06. The number of nitrogens with zero attached hydrogens (tertiary/aromatic N) is 1. The standard InChI is InChI=1S/C25H24BrNO5/c1-3-9-27(10-4-2)14-20-21(28)7-6-17-18(13-23(29)32-24(17)20)19-12-15-11-16(26)5-8-22(15)31-25(19)30/h5-8,11-13,28H,3-4,9-10,14H2,1-2H3. The Kier molecular flexibility index (Phi) is 6.48. The molecule has 0 bridgehead atoms. The van der Waals surface area contributed by atoms with Gasteiger partial charge in [-0.15, -0.1) is 0 Å². The van der Waals surface area contributed by atoms with E-state index in [9.17, 15) is 14.7 Å². The van der Waals surface area contributed by atoms with Crippen LogP contribution < -0.4 is 11.3 Å². The molecule has 0 aliphatic carbocycles. The molecule has 7 heteroatoms. The summed E-state index contributed by atoms with van der Waals surface area (Å²) in [5.41, 5.74) is 0.845. The van der Waals surface area contributed by atoms with Gasteiger partial charge in [0.15, 0.2) is 0 Å². The van der Waals surface area contributed by atoms with E-state index in [1.54, 1.807) is 30.3 Å². The van der Waals surface area contributed by atoms with Gasteiger partial charge >= 0.3 is 11.3 Å². The van der Waals surface area contributed by atoms with Crippen molar-refractivity contribution in [2.45, 2.75) is 33.2 Å². The number of phenols is 1. The maximum absolute atomic E-state index is 12.8. The van der Waals surface area contributed by atoms with E-state index >= 15 is 0 Å². The number of aromatic hydroxyl groups is 1. The fraction of sp³-hybridized carbons (Fsp3) is 0.280. The third-order valence-corrected chi connectivity index (χ3v) is 5.93. The third kappa shape index (κ3) is 4.36. The highest BCUT2D eigenvalue weighted by molar-refractivity contribution is 9.10. The second-order valence-corrected chi connectivity index (χ2v) is 8.74. The molecule has 0 unspecified atom stereocenters. The summed E-state index contributed by atoms with van der Waals surface area (Å²) in [6, 6.07) is 11.6. The van der Waals surface area contributed by atoms with E-state index in [1.807, 2.05) is 6.07 Å². The molecule has 6 nitrogen and oxygen atoms in total. The molecule has 0 amide bonds. The van der Waals surface area contributed by atoms with Crippen LogP contribution in [0.25, 0.3) is 33.1 Å². The third-order valence-electron chi connectivity index (χ3n) is 5.44. The lowest BCUT2D eigenvalue weighted by atomic mass is 9.99. The molecule has 2 heterocycles. The Balaban J connectivity index is 1.94. The Bertz CT molecular complexity index is 1400. The molecule has 0 aliphatic rings. The van der Waals surface area contributed by atoms with Crippen LogP contribution in [0.2, 0.25) is 0 Å². The summed E-state index contributed by atoms with van der Waals surface area (Å²) in [5, 5.41) is 11.9. The van der Waals surface area contributed by atoms with E-state index in [4.69, 9.17) is 8.83 Å². The SMILES string of the molecule is CCCN(CCC)Cc1c(O)ccc2c(-c3cc4cc(Br)ccc4oc3=O)cc(=O)oc12. The first-order valence-corrected chi connectivity index (χ1v) is 11.5. The van der Waals surface area contributed by atoms with Crippen LogP contribution >= 0.6 is 15.9 Å². The van der Waals surface area contributed by atoms with Gasteiger partial charge in [0, 0.05) is 33.4 Å². The van der Waals surface area contributed by atoms with Crippen LogP contribution in [0.5, 0.6) is 5.75 Å². The number of rotatable bonds is 7. The number of phenolic OH excluding ortho intramolecular Hbond substituents is 1. The highest BCUT2D eigenvalue weighted by Gasteiger charge is 2.19. The number of hydrogen-bond acceptors (Lipinski definition) is 6. The molecule has 2 aromatic carbocycles. The fourth-order valence-corrected chi connectivity index (χ4v) is 4.43. The Labute approximate surface area is 193 Å². The first kappa shape index (κ1) is 22.3. The quantitative estimate of drug-likeness (QED) is 0.331. The van der Waals surface area contributed by atoms with E-state index < -0.39 is 11.3 Å². The largest absolute Gasteiger partial charge is 0.507 e. The minimum absolute atomic E-state index is 0.0597. The lowest BCUT2D eigenvalue weighted by Gasteiger charge is -2.22. The van der Waals surface area contributed by atoms with Crippen molar-refractivity contribution in [3.8, 4) is 16.9 Å². The molecule has 0 saturated heterocycles. The van der Waals surface area contributed by atoms with Gasteiger partial charge in [-0.3, -0.25) is 4.90 Å². The summed E-state index contributed by atoms with van der Waals surface area (Å²) < 4.78 is 11.9. The molecular formula is C25H24BrNO5. The topological polar surface area (TPSA) is 83.9 Å². The molecule has 0 fully saturated rings. The van der Waals surface area contributed by atoms with Crippen molar-refractivity contribution in [1.29, 1.82) is 0 Å². The molecule has 0 aliphatic heterocycles. The van der Waals surface area contributed by atoms with Crippen molar-refractivity contribution in [3.05, 3.63) is 73.3 Å². The number of fused-ring (bicyclic) bond motifs is 2. The smallest absolute Gasteiger partial charge is 0.344 e. The summed E-state index contributed by atoms with van der Waals surface area (Å²) in [7, 11) is 0. The second kappa shape index (κ2) is 9.30. The lowest BCUT2D eigenvalue weighted by molar-refractivity contribution is 0.262. The highest BCUT2D eigenvalue weighted by atomic mass is 79.9. The number of hydrogen-bond donors (Lipinski definition) is 1. The average Bonchev–Trinajstić information content (AvgIpc) is 2.75. The van der Waals surface area contributed by atoms with Gasteiger partial charge in [0.2, 0.25) is 0 Å². The van der Waals surface area contributed by atoms with E-state index in [0.717, 1.165) is 35.8 Å². The Morgan fingerprint density at radius 1 is 0.938 bits per heavy atom. The Hall–Kier alpha value is -2.90. The van der Waals surface area contributed by atoms with Crippen molar-refractivity contribution in [1.82, 2.24) is 4.90 Å². The van der Waals surface area contributed by atoms with Gasteiger partial charge in [-0.2, -0.15) is 0 Å². The van der Waals surface area contributed by atoms with Crippen LogP contribution in [0.3, 0.4) is 0 Å². The van der Waals surface area contributed by atoms with E-state index in [-0.39, 0.29) is 11.3 Å². The summed E-state index contributed by atoms with van der Waals surface area (Å²) in [5.74, 6) is 0.0597.